The highest BCUT2D eigenvalue weighted by Crippen LogP contribution is 2.15. The Bertz CT molecular complexity index is 605. The summed E-state index contributed by atoms with van der Waals surface area (Å²) < 4.78 is 10.7. The zero-order valence-corrected chi connectivity index (χ0v) is 13.5. The van der Waals surface area contributed by atoms with Crippen LogP contribution in [-0.4, -0.2) is 19.1 Å². The van der Waals surface area contributed by atoms with Crippen LogP contribution in [0.2, 0.25) is 0 Å². The Morgan fingerprint density at radius 2 is 1.91 bits per heavy atom. The van der Waals surface area contributed by atoms with Crippen molar-refractivity contribution in [2.24, 2.45) is 5.73 Å². The van der Waals surface area contributed by atoms with E-state index in [-0.39, 0.29) is 24.9 Å². The lowest BCUT2D eigenvalue weighted by molar-refractivity contribution is 0.0946. The molecule has 0 bridgehead atoms. The van der Waals surface area contributed by atoms with Crippen molar-refractivity contribution < 1.29 is 13.9 Å². The number of amides is 1. The number of hydrogen-bond acceptors (Lipinski definition) is 4. The van der Waals surface area contributed by atoms with Crippen LogP contribution in [0.1, 0.15) is 27.2 Å². The zero-order chi connectivity index (χ0) is 15.2. The predicted molar refractivity (Wildman–Crippen MR) is 87.6 cm³/mol. The maximum absolute atomic E-state index is 11.8. The van der Waals surface area contributed by atoms with Gasteiger partial charge in [0.15, 0.2) is 0 Å². The summed E-state index contributed by atoms with van der Waals surface area (Å²) >= 11 is 0. The first kappa shape index (κ1) is 18.1. The zero-order valence-electron chi connectivity index (χ0n) is 12.7. The first-order chi connectivity index (χ1) is 10.1. The smallest absolute Gasteiger partial charge is 0.254 e. The SMILES string of the molecule is Cc1cc(C)cc(OCCNC(=O)c2coc(CN)c2)c1.Cl. The van der Waals surface area contributed by atoms with Gasteiger partial charge in [0.2, 0.25) is 0 Å². The molecule has 1 amide bonds. The Hall–Kier alpha value is -1.98. The molecule has 2 rings (SSSR count). The molecule has 0 spiro atoms. The van der Waals surface area contributed by atoms with E-state index < -0.39 is 0 Å². The van der Waals surface area contributed by atoms with Gasteiger partial charge in [0.25, 0.3) is 5.91 Å². The third-order valence-corrected chi connectivity index (χ3v) is 2.97. The Kier molecular flexibility index (Phi) is 6.95. The van der Waals surface area contributed by atoms with Crippen LogP contribution in [0, 0.1) is 13.8 Å². The third-order valence-electron chi connectivity index (χ3n) is 2.97. The second-order valence-electron chi connectivity index (χ2n) is 4.93. The lowest BCUT2D eigenvalue weighted by Gasteiger charge is -2.08. The average molecular weight is 325 g/mol. The van der Waals surface area contributed by atoms with Gasteiger partial charge in [-0.15, -0.1) is 12.4 Å². The molecular weight excluding hydrogens is 304 g/mol. The van der Waals surface area contributed by atoms with Gasteiger partial charge in [-0.2, -0.15) is 0 Å². The van der Waals surface area contributed by atoms with Crippen LogP contribution >= 0.6 is 12.4 Å². The summed E-state index contributed by atoms with van der Waals surface area (Å²) in [5, 5.41) is 2.77. The van der Waals surface area contributed by atoms with Gasteiger partial charge in [0.1, 0.15) is 24.4 Å². The second kappa shape index (κ2) is 8.46. The van der Waals surface area contributed by atoms with E-state index in [0.717, 1.165) is 16.9 Å². The standard InChI is InChI=1S/C16H20N2O3.ClH/c1-11-5-12(2)7-14(6-11)20-4-3-18-16(19)13-8-15(9-17)21-10-13;/h5-8,10H,3-4,9,17H2,1-2H3,(H,18,19);1H. The van der Waals surface area contributed by atoms with E-state index in [1.165, 1.54) is 6.26 Å². The molecule has 1 aromatic heterocycles. The largest absolute Gasteiger partial charge is 0.492 e. The molecule has 22 heavy (non-hydrogen) atoms. The fourth-order valence-corrected chi connectivity index (χ4v) is 2.06. The molecule has 0 saturated heterocycles. The maximum atomic E-state index is 11.8. The minimum atomic E-state index is -0.192. The van der Waals surface area contributed by atoms with Crippen molar-refractivity contribution in [1.29, 1.82) is 0 Å². The molecule has 0 fully saturated rings. The van der Waals surface area contributed by atoms with Crippen molar-refractivity contribution in [3.05, 3.63) is 53.0 Å². The highest BCUT2D eigenvalue weighted by Gasteiger charge is 2.08. The number of ether oxygens (including phenoxy) is 1. The van der Waals surface area contributed by atoms with Gasteiger partial charge in [0, 0.05) is 0 Å². The van der Waals surface area contributed by atoms with E-state index in [1.807, 2.05) is 26.0 Å². The lowest BCUT2D eigenvalue weighted by Crippen LogP contribution is -2.27. The molecule has 3 N–H and O–H groups in total. The van der Waals surface area contributed by atoms with Crippen molar-refractivity contribution in [2.45, 2.75) is 20.4 Å². The summed E-state index contributed by atoms with van der Waals surface area (Å²) in [4.78, 5) is 11.8. The highest BCUT2D eigenvalue weighted by molar-refractivity contribution is 5.93. The third kappa shape index (κ3) is 5.09. The van der Waals surface area contributed by atoms with Crippen molar-refractivity contribution >= 4 is 18.3 Å². The molecule has 5 nitrogen and oxygen atoms in total. The van der Waals surface area contributed by atoms with Crippen LogP contribution in [0.4, 0.5) is 0 Å². The molecular formula is C16H21ClN2O3. The molecule has 120 valence electrons. The summed E-state index contributed by atoms with van der Waals surface area (Å²) in [6.45, 7) is 5.17. The van der Waals surface area contributed by atoms with Crippen molar-refractivity contribution in [1.82, 2.24) is 5.32 Å². The van der Waals surface area contributed by atoms with Gasteiger partial charge >= 0.3 is 0 Å². The monoisotopic (exact) mass is 324 g/mol. The molecule has 0 aliphatic heterocycles. The van der Waals surface area contributed by atoms with E-state index in [9.17, 15) is 4.79 Å². The molecule has 1 heterocycles. The Morgan fingerprint density at radius 3 is 2.50 bits per heavy atom. The van der Waals surface area contributed by atoms with E-state index in [0.29, 0.717) is 24.5 Å². The number of carbonyl (C=O) groups is 1. The van der Waals surface area contributed by atoms with Crippen LogP contribution < -0.4 is 15.8 Å². The van der Waals surface area contributed by atoms with Crippen molar-refractivity contribution in [3.63, 3.8) is 0 Å². The van der Waals surface area contributed by atoms with E-state index >= 15 is 0 Å². The fraction of sp³-hybridized carbons (Fsp3) is 0.312. The van der Waals surface area contributed by atoms with Crippen LogP contribution in [0.15, 0.2) is 34.9 Å². The van der Waals surface area contributed by atoms with Crippen LogP contribution in [-0.2, 0) is 6.54 Å². The van der Waals surface area contributed by atoms with Gasteiger partial charge in [0.05, 0.1) is 18.7 Å². The Labute approximate surface area is 136 Å². The van der Waals surface area contributed by atoms with Crippen molar-refractivity contribution in [2.75, 3.05) is 13.2 Å². The molecule has 1 aromatic carbocycles. The topological polar surface area (TPSA) is 77.5 Å². The average Bonchev–Trinajstić information content (AvgIpc) is 2.91. The van der Waals surface area contributed by atoms with Crippen LogP contribution in [0.3, 0.4) is 0 Å². The lowest BCUT2D eigenvalue weighted by atomic mass is 10.1. The second-order valence-corrected chi connectivity index (χ2v) is 4.93. The van der Waals surface area contributed by atoms with Gasteiger partial charge in [-0.05, 0) is 43.2 Å². The molecule has 2 aromatic rings. The number of halogens is 1. The molecule has 0 unspecified atom stereocenters. The quantitative estimate of drug-likeness (QED) is 0.801. The summed E-state index contributed by atoms with van der Waals surface area (Å²) in [6.07, 6.45) is 1.41. The molecule has 0 radical (unpaired) electrons. The van der Waals surface area contributed by atoms with Crippen LogP contribution in [0.25, 0.3) is 0 Å². The number of nitrogens with one attached hydrogen (secondary N) is 1. The number of furan rings is 1. The normalized spacial score (nSPS) is 9.95. The molecule has 0 aliphatic rings. The Morgan fingerprint density at radius 1 is 1.23 bits per heavy atom. The van der Waals surface area contributed by atoms with Gasteiger partial charge in [-0.25, -0.2) is 0 Å². The summed E-state index contributed by atoms with van der Waals surface area (Å²) in [5.41, 5.74) is 8.21. The van der Waals surface area contributed by atoms with Gasteiger partial charge < -0.3 is 20.2 Å². The number of benzene rings is 1. The van der Waals surface area contributed by atoms with E-state index in [2.05, 4.69) is 11.4 Å². The fourth-order valence-electron chi connectivity index (χ4n) is 2.06. The summed E-state index contributed by atoms with van der Waals surface area (Å²) in [6, 6.07) is 7.67. The minimum Gasteiger partial charge on any atom is -0.492 e. The first-order valence-corrected chi connectivity index (χ1v) is 6.85. The maximum Gasteiger partial charge on any atom is 0.254 e. The number of hydrogen-bond donors (Lipinski definition) is 2. The molecule has 6 heteroatoms. The molecule has 0 saturated carbocycles. The summed E-state index contributed by atoms with van der Waals surface area (Å²) in [5.74, 6) is 1.21. The molecule has 0 atom stereocenters. The van der Waals surface area contributed by atoms with Crippen molar-refractivity contribution in [3.8, 4) is 5.75 Å². The number of nitrogens with two attached hydrogens (primary N) is 1. The van der Waals surface area contributed by atoms with E-state index in [1.54, 1.807) is 6.07 Å². The summed E-state index contributed by atoms with van der Waals surface area (Å²) in [7, 11) is 0. The Balaban J connectivity index is 0.00000242. The van der Waals surface area contributed by atoms with Gasteiger partial charge in [-0.1, -0.05) is 6.07 Å². The van der Waals surface area contributed by atoms with Gasteiger partial charge in [-0.3, -0.25) is 4.79 Å². The molecule has 0 aliphatic carbocycles. The highest BCUT2D eigenvalue weighted by atomic mass is 35.5. The number of aryl methyl sites for hydroxylation is 2. The number of carbonyl (C=O) groups excluding carboxylic acids is 1. The van der Waals surface area contributed by atoms with Crippen LogP contribution in [0.5, 0.6) is 5.75 Å². The number of rotatable bonds is 6. The predicted octanol–water partition coefficient (Wildman–Crippen LogP) is 2.59. The first-order valence-electron chi connectivity index (χ1n) is 6.85. The van der Waals surface area contributed by atoms with E-state index in [4.69, 9.17) is 14.9 Å². The minimum absolute atomic E-state index is 0.